The van der Waals surface area contributed by atoms with Crippen LogP contribution in [0.15, 0.2) is 53.6 Å². The maximum absolute atomic E-state index is 13.4. The molecular weight excluding hydrogens is 422 g/mol. The normalized spacial score (nSPS) is 17.2. The number of hydrogen-bond acceptors (Lipinski definition) is 3. The number of carbonyl (C=O) groups is 2. The molecule has 0 atom stereocenters. The Kier molecular flexibility index (Phi) is 5.60. The van der Waals surface area contributed by atoms with Gasteiger partial charge in [0.05, 0.1) is 23.7 Å². The highest BCUT2D eigenvalue weighted by Crippen LogP contribution is 2.31. The Balaban J connectivity index is 1.50. The molecule has 5 nitrogen and oxygen atoms in total. The SMILES string of the molecule is Cc1c(CC2=NN(C3CCCCC3)C(=O)C2)c2ccccc2n1C(=O)c1ccc(Cl)cc1. The van der Waals surface area contributed by atoms with Crippen LogP contribution in [-0.2, 0) is 11.2 Å². The highest BCUT2D eigenvalue weighted by Gasteiger charge is 2.32. The third kappa shape index (κ3) is 3.75. The summed E-state index contributed by atoms with van der Waals surface area (Å²) in [6.07, 6.45) is 6.59. The van der Waals surface area contributed by atoms with Crippen molar-refractivity contribution in [2.75, 3.05) is 0 Å². The Bertz CT molecular complexity index is 1220. The van der Waals surface area contributed by atoms with Crippen molar-refractivity contribution < 1.29 is 9.59 Å². The van der Waals surface area contributed by atoms with Crippen LogP contribution in [0.1, 0.15) is 60.1 Å². The lowest BCUT2D eigenvalue weighted by molar-refractivity contribution is -0.131. The highest BCUT2D eigenvalue weighted by molar-refractivity contribution is 6.30. The van der Waals surface area contributed by atoms with Gasteiger partial charge in [0.1, 0.15) is 0 Å². The summed E-state index contributed by atoms with van der Waals surface area (Å²) in [5, 5.41) is 8.11. The predicted molar refractivity (Wildman–Crippen MR) is 127 cm³/mol. The first kappa shape index (κ1) is 21.0. The van der Waals surface area contributed by atoms with Gasteiger partial charge in [-0.25, -0.2) is 5.01 Å². The summed E-state index contributed by atoms with van der Waals surface area (Å²) >= 11 is 6.00. The second kappa shape index (κ2) is 8.55. The van der Waals surface area contributed by atoms with Crippen LogP contribution in [0, 0.1) is 6.92 Å². The van der Waals surface area contributed by atoms with E-state index in [0.717, 1.165) is 40.7 Å². The van der Waals surface area contributed by atoms with Gasteiger partial charge in [0.15, 0.2) is 0 Å². The van der Waals surface area contributed by atoms with E-state index in [-0.39, 0.29) is 17.9 Å². The lowest BCUT2D eigenvalue weighted by Crippen LogP contribution is -2.34. The van der Waals surface area contributed by atoms with Crippen molar-refractivity contribution >= 4 is 40.0 Å². The first-order valence-corrected chi connectivity index (χ1v) is 11.7. The van der Waals surface area contributed by atoms with Gasteiger partial charge in [0.2, 0.25) is 5.91 Å². The van der Waals surface area contributed by atoms with E-state index in [2.05, 4.69) is 0 Å². The zero-order chi connectivity index (χ0) is 22.2. The molecule has 2 heterocycles. The minimum absolute atomic E-state index is 0.0881. The van der Waals surface area contributed by atoms with E-state index in [0.29, 0.717) is 23.4 Å². The van der Waals surface area contributed by atoms with Crippen LogP contribution in [0.5, 0.6) is 0 Å². The summed E-state index contributed by atoms with van der Waals surface area (Å²) < 4.78 is 1.77. The molecule has 32 heavy (non-hydrogen) atoms. The molecule has 2 aromatic carbocycles. The van der Waals surface area contributed by atoms with Crippen molar-refractivity contribution in [3.05, 3.63) is 70.4 Å². The highest BCUT2D eigenvalue weighted by atomic mass is 35.5. The van der Waals surface area contributed by atoms with Gasteiger partial charge >= 0.3 is 0 Å². The monoisotopic (exact) mass is 447 g/mol. The first-order chi connectivity index (χ1) is 15.5. The van der Waals surface area contributed by atoms with Gasteiger partial charge in [-0.2, -0.15) is 5.10 Å². The van der Waals surface area contributed by atoms with Crippen LogP contribution in [0.25, 0.3) is 10.9 Å². The van der Waals surface area contributed by atoms with Gasteiger partial charge in [-0.05, 0) is 55.7 Å². The van der Waals surface area contributed by atoms with Crippen LogP contribution >= 0.6 is 11.6 Å². The van der Waals surface area contributed by atoms with Gasteiger partial charge in [-0.15, -0.1) is 0 Å². The Morgan fingerprint density at radius 1 is 1.06 bits per heavy atom. The molecule has 0 unspecified atom stereocenters. The quantitative estimate of drug-likeness (QED) is 0.511. The van der Waals surface area contributed by atoms with Crippen LogP contribution in [0.2, 0.25) is 5.02 Å². The van der Waals surface area contributed by atoms with Crippen LogP contribution < -0.4 is 0 Å². The molecular formula is C26H26ClN3O2. The lowest BCUT2D eigenvalue weighted by Gasteiger charge is -2.27. The van der Waals surface area contributed by atoms with Gasteiger partial charge in [0, 0.05) is 28.1 Å². The van der Waals surface area contributed by atoms with Crippen molar-refractivity contribution in [1.29, 1.82) is 0 Å². The molecule has 1 aromatic heterocycles. The summed E-state index contributed by atoms with van der Waals surface area (Å²) in [5.74, 6) is 0.0143. The minimum atomic E-state index is -0.0881. The number of para-hydroxylation sites is 1. The van der Waals surface area contributed by atoms with Crippen LogP contribution in [0.3, 0.4) is 0 Å². The largest absolute Gasteiger partial charge is 0.280 e. The Morgan fingerprint density at radius 2 is 1.78 bits per heavy atom. The summed E-state index contributed by atoms with van der Waals surface area (Å²) in [6.45, 7) is 1.97. The van der Waals surface area contributed by atoms with Gasteiger partial charge in [-0.3, -0.25) is 14.2 Å². The summed E-state index contributed by atoms with van der Waals surface area (Å²) in [4.78, 5) is 26.1. The molecule has 6 heteroatoms. The van der Waals surface area contributed by atoms with Crippen LogP contribution in [-0.4, -0.2) is 33.1 Å². The minimum Gasteiger partial charge on any atom is -0.280 e. The van der Waals surface area contributed by atoms with E-state index in [9.17, 15) is 9.59 Å². The number of hydrogen-bond donors (Lipinski definition) is 0. The number of aromatic nitrogens is 1. The molecule has 0 saturated heterocycles. The number of carbonyl (C=O) groups excluding carboxylic acids is 2. The predicted octanol–water partition coefficient (Wildman–Crippen LogP) is 5.76. The number of halogens is 1. The molecule has 2 aliphatic rings. The molecule has 3 aromatic rings. The van der Waals surface area contributed by atoms with E-state index in [1.165, 1.54) is 19.3 Å². The van der Waals surface area contributed by atoms with Crippen molar-refractivity contribution in [3.63, 3.8) is 0 Å². The fraction of sp³-hybridized carbons (Fsp3) is 0.346. The number of fused-ring (bicyclic) bond motifs is 1. The van der Waals surface area contributed by atoms with Crippen molar-refractivity contribution in [2.45, 2.75) is 57.9 Å². The smallest absolute Gasteiger partial charge is 0.262 e. The van der Waals surface area contributed by atoms with Crippen molar-refractivity contribution in [2.24, 2.45) is 5.10 Å². The Hall–Kier alpha value is -2.92. The van der Waals surface area contributed by atoms with E-state index in [1.54, 1.807) is 33.8 Å². The van der Waals surface area contributed by atoms with Crippen LogP contribution in [0.4, 0.5) is 0 Å². The second-order valence-corrected chi connectivity index (χ2v) is 9.21. The zero-order valence-electron chi connectivity index (χ0n) is 18.2. The third-order valence-electron chi connectivity index (χ3n) is 6.70. The summed E-state index contributed by atoms with van der Waals surface area (Å²) in [5.41, 5.74) is 4.28. The number of rotatable bonds is 4. The lowest BCUT2D eigenvalue weighted by atomic mass is 9.95. The third-order valence-corrected chi connectivity index (χ3v) is 6.95. The standard InChI is InChI=1S/C26H26ClN3O2/c1-17-23(15-20-16-25(31)30(28-20)21-7-3-2-4-8-21)22-9-5-6-10-24(22)29(17)26(32)18-11-13-19(27)14-12-18/h5-6,9-14,21H,2-4,7-8,15-16H2,1H3. The average molecular weight is 448 g/mol. The molecule has 5 rings (SSSR count). The molecule has 0 bridgehead atoms. The Morgan fingerprint density at radius 3 is 2.53 bits per heavy atom. The molecule has 0 N–H and O–H groups in total. The molecule has 1 saturated carbocycles. The first-order valence-electron chi connectivity index (χ1n) is 11.3. The van der Waals surface area contributed by atoms with E-state index in [4.69, 9.17) is 16.7 Å². The molecule has 1 aliphatic carbocycles. The number of hydrazone groups is 1. The number of benzene rings is 2. The van der Waals surface area contributed by atoms with Gasteiger partial charge < -0.3 is 0 Å². The zero-order valence-corrected chi connectivity index (χ0v) is 18.9. The molecule has 1 fully saturated rings. The fourth-order valence-electron chi connectivity index (χ4n) is 5.05. The molecule has 0 spiro atoms. The molecule has 1 aliphatic heterocycles. The summed E-state index contributed by atoms with van der Waals surface area (Å²) in [6, 6.07) is 15.1. The number of nitrogens with zero attached hydrogens (tertiary/aromatic N) is 3. The van der Waals surface area contributed by atoms with E-state index in [1.807, 2.05) is 31.2 Å². The van der Waals surface area contributed by atoms with Crippen molar-refractivity contribution in [1.82, 2.24) is 9.58 Å². The summed E-state index contributed by atoms with van der Waals surface area (Å²) in [7, 11) is 0. The fourth-order valence-corrected chi connectivity index (χ4v) is 5.18. The molecule has 164 valence electrons. The second-order valence-electron chi connectivity index (χ2n) is 8.78. The maximum atomic E-state index is 13.4. The number of amides is 1. The van der Waals surface area contributed by atoms with E-state index < -0.39 is 0 Å². The topological polar surface area (TPSA) is 54.7 Å². The molecule has 1 amide bonds. The van der Waals surface area contributed by atoms with Crippen molar-refractivity contribution in [3.8, 4) is 0 Å². The average Bonchev–Trinajstić information content (AvgIpc) is 3.31. The molecule has 0 radical (unpaired) electrons. The van der Waals surface area contributed by atoms with Gasteiger partial charge in [-0.1, -0.05) is 49.1 Å². The maximum Gasteiger partial charge on any atom is 0.262 e. The van der Waals surface area contributed by atoms with E-state index >= 15 is 0 Å². The van der Waals surface area contributed by atoms with Gasteiger partial charge in [0.25, 0.3) is 5.91 Å². The Labute approximate surface area is 192 Å².